The average Bonchev–Trinajstić information content (AvgIpc) is 3.21. The van der Waals surface area contributed by atoms with Crippen LogP contribution in [0.5, 0.6) is 0 Å². The molecule has 1 aliphatic rings. The number of carbonyl (C=O) groups excluding carboxylic acids is 2. The lowest BCUT2D eigenvalue weighted by molar-refractivity contribution is 0.0866. The molecule has 10 nitrogen and oxygen atoms in total. The summed E-state index contributed by atoms with van der Waals surface area (Å²) in [5.74, 6) is -0.966. The second-order valence-electron chi connectivity index (χ2n) is 5.00. The molecule has 3 rings (SSSR count). The highest BCUT2D eigenvalue weighted by atomic mass is 16.4. The van der Waals surface area contributed by atoms with E-state index < -0.39 is 11.8 Å². The summed E-state index contributed by atoms with van der Waals surface area (Å²) in [4.78, 5) is 23.7. The summed E-state index contributed by atoms with van der Waals surface area (Å²) in [6.45, 7) is 0. The Hall–Kier alpha value is -2.78. The van der Waals surface area contributed by atoms with Crippen LogP contribution in [-0.4, -0.2) is 44.3 Å². The minimum Gasteiger partial charge on any atom is -0.420 e. The summed E-state index contributed by atoms with van der Waals surface area (Å²) in [7, 11) is 0. The highest BCUT2D eigenvalue weighted by molar-refractivity contribution is 5.90. The van der Waals surface area contributed by atoms with Gasteiger partial charge in [-0.05, 0) is 25.7 Å². The summed E-state index contributed by atoms with van der Waals surface area (Å²) in [6, 6.07) is -0.137. The van der Waals surface area contributed by atoms with Crippen molar-refractivity contribution in [1.29, 1.82) is 0 Å². The molecule has 2 aromatic heterocycles. The molecule has 2 aromatic rings. The zero-order valence-corrected chi connectivity index (χ0v) is 11.6. The van der Waals surface area contributed by atoms with Crippen LogP contribution < -0.4 is 10.6 Å². The van der Waals surface area contributed by atoms with Crippen LogP contribution >= 0.6 is 0 Å². The number of rotatable bonds is 4. The van der Waals surface area contributed by atoms with Crippen molar-refractivity contribution < 1.29 is 18.4 Å². The van der Waals surface area contributed by atoms with Crippen LogP contribution in [0.2, 0.25) is 0 Å². The highest BCUT2D eigenvalue weighted by Crippen LogP contribution is 2.19. The van der Waals surface area contributed by atoms with E-state index in [2.05, 4.69) is 31.0 Å². The standard InChI is InChI=1S/C12H14N6O4/c19-9(11-17-13-5-21-11)15-7-2-1-3-8(4-7)16-10(20)12-18-14-6-22-12/h5-8H,1-4H2,(H,15,19)(H,16,20). The zero-order valence-electron chi connectivity index (χ0n) is 11.6. The third-order valence-corrected chi connectivity index (χ3v) is 3.45. The van der Waals surface area contributed by atoms with Gasteiger partial charge in [-0.1, -0.05) is 0 Å². The van der Waals surface area contributed by atoms with E-state index in [-0.39, 0.29) is 23.9 Å². The number of aromatic nitrogens is 4. The van der Waals surface area contributed by atoms with Crippen LogP contribution in [0.15, 0.2) is 21.6 Å². The van der Waals surface area contributed by atoms with Crippen molar-refractivity contribution in [2.45, 2.75) is 37.8 Å². The first-order valence-electron chi connectivity index (χ1n) is 6.86. The van der Waals surface area contributed by atoms with E-state index in [1.54, 1.807) is 0 Å². The fourth-order valence-corrected chi connectivity index (χ4v) is 2.49. The van der Waals surface area contributed by atoms with Gasteiger partial charge in [-0.3, -0.25) is 9.59 Å². The van der Waals surface area contributed by atoms with Gasteiger partial charge in [0.05, 0.1) is 0 Å². The molecule has 0 aliphatic heterocycles. The maximum atomic E-state index is 11.9. The minimum atomic E-state index is -0.411. The summed E-state index contributed by atoms with van der Waals surface area (Å²) in [5, 5.41) is 19.7. The fraction of sp³-hybridized carbons (Fsp3) is 0.500. The molecule has 0 saturated heterocycles. The van der Waals surface area contributed by atoms with E-state index in [0.29, 0.717) is 6.42 Å². The lowest BCUT2D eigenvalue weighted by Gasteiger charge is -2.29. The molecular formula is C12H14N6O4. The molecule has 2 heterocycles. The number of carbonyl (C=O) groups is 2. The molecular weight excluding hydrogens is 292 g/mol. The Morgan fingerprint density at radius 1 is 0.955 bits per heavy atom. The van der Waals surface area contributed by atoms with Gasteiger partial charge in [-0.25, -0.2) is 0 Å². The number of hydrogen-bond acceptors (Lipinski definition) is 8. The lowest BCUT2D eigenvalue weighted by atomic mass is 9.91. The van der Waals surface area contributed by atoms with Gasteiger partial charge in [-0.2, -0.15) is 0 Å². The first kappa shape index (κ1) is 14.2. The van der Waals surface area contributed by atoms with Gasteiger partial charge >= 0.3 is 23.6 Å². The Labute approximate surface area is 124 Å². The van der Waals surface area contributed by atoms with Crippen LogP contribution in [0.4, 0.5) is 0 Å². The summed E-state index contributed by atoms with van der Waals surface area (Å²) in [6.07, 6.45) is 5.34. The van der Waals surface area contributed by atoms with Gasteiger partial charge in [0.25, 0.3) is 0 Å². The second-order valence-corrected chi connectivity index (χ2v) is 5.00. The van der Waals surface area contributed by atoms with Crippen molar-refractivity contribution in [2.24, 2.45) is 0 Å². The molecule has 0 spiro atoms. The van der Waals surface area contributed by atoms with E-state index in [0.717, 1.165) is 32.0 Å². The van der Waals surface area contributed by atoms with E-state index in [1.807, 2.05) is 0 Å². The number of nitrogens with zero attached hydrogens (tertiary/aromatic N) is 4. The number of nitrogens with one attached hydrogen (secondary N) is 2. The first-order chi connectivity index (χ1) is 10.7. The molecule has 0 bridgehead atoms. The van der Waals surface area contributed by atoms with Crippen molar-refractivity contribution in [3.63, 3.8) is 0 Å². The van der Waals surface area contributed by atoms with Gasteiger partial charge in [0.15, 0.2) is 0 Å². The number of amides is 2. The molecule has 2 atom stereocenters. The molecule has 10 heteroatoms. The van der Waals surface area contributed by atoms with E-state index in [4.69, 9.17) is 8.83 Å². The van der Waals surface area contributed by atoms with Gasteiger partial charge < -0.3 is 19.5 Å². The first-order valence-corrected chi connectivity index (χ1v) is 6.86. The second kappa shape index (κ2) is 6.33. The minimum absolute atomic E-state index is 0.0684. The van der Waals surface area contributed by atoms with Gasteiger partial charge in [0.1, 0.15) is 0 Å². The van der Waals surface area contributed by atoms with Crippen LogP contribution in [0.3, 0.4) is 0 Å². The van der Waals surface area contributed by atoms with Crippen LogP contribution in [0.1, 0.15) is 47.1 Å². The third-order valence-electron chi connectivity index (χ3n) is 3.45. The summed E-state index contributed by atoms with van der Waals surface area (Å²) >= 11 is 0. The van der Waals surface area contributed by atoms with Gasteiger partial charge in [0.2, 0.25) is 12.8 Å². The Balaban J connectivity index is 1.53. The predicted octanol–water partition coefficient (Wildman–Crippen LogP) is -0.0764. The average molecular weight is 306 g/mol. The highest BCUT2D eigenvalue weighted by Gasteiger charge is 2.27. The van der Waals surface area contributed by atoms with E-state index >= 15 is 0 Å². The molecule has 0 radical (unpaired) electrons. The molecule has 22 heavy (non-hydrogen) atoms. The Morgan fingerprint density at radius 3 is 1.86 bits per heavy atom. The Morgan fingerprint density at radius 2 is 1.45 bits per heavy atom. The van der Waals surface area contributed by atoms with Crippen molar-refractivity contribution in [3.8, 4) is 0 Å². The quantitative estimate of drug-likeness (QED) is 0.800. The molecule has 1 saturated carbocycles. The predicted molar refractivity (Wildman–Crippen MR) is 69.6 cm³/mol. The van der Waals surface area contributed by atoms with Gasteiger partial charge in [-0.15, -0.1) is 20.4 Å². The molecule has 0 aromatic carbocycles. The Bertz CT molecular complexity index is 572. The largest absolute Gasteiger partial charge is 0.420 e. The monoisotopic (exact) mass is 306 g/mol. The topological polar surface area (TPSA) is 136 Å². The van der Waals surface area contributed by atoms with Crippen LogP contribution in [-0.2, 0) is 0 Å². The maximum absolute atomic E-state index is 11.9. The normalized spacial score (nSPS) is 21.3. The van der Waals surface area contributed by atoms with Crippen molar-refractivity contribution >= 4 is 11.8 Å². The summed E-state index contributed by atoms with van der Waals surface area (Å²) in [5.41, 5.74) is 0. The van der Waals surface area contributed by atoms with Crippen molar-refractivity contribution in [1.82, 2.24) is 31.0 Å². The molecule has 2 amide bonds. The number of hydrogen-bond donors (Lipinski definition) is 2. The van der Waals surface area contributed by atoms with Crippen LogP contribution in [0, 0.1) is 0 Å². The lowest BCUT2D eigenvalue weighted by Crippen LogP contribution is -2.45. The van der Waals surface area contributed by atoms with E-state index in [9.17, 15) is 9.59 Å². The Kier molecular flexibility index (Phi) is 4.08. The maximum Gasteiger partial charge on any atom is 0.309 e. The van der Waals surface area contributed by atoms with Gasteiger partial charge in [0, 0.05) is 12.1 Å². The molecule has 116 valence electrons. The fourth-order valence-electron chi connectivity index (χ4n) is 2.49. The molecule has 1 aliphatic carbocycles. The smallest absolute Gasteiger partial charge is 0.309 e. The third kappa shape index (κ3) is 3.27. The zero-order chi connectivity index (χ0) is 15.4. The van der Waals surface area contributed by atoms with Crippen molar-refractivity contribution in [3.05, 3.63) is 24.6 Å². The molecule has 2 N–H and O–H groups in total. The van der Waals surface area contributed by atoms with Crippen molar-refractivity contribution in [2.75, 3.05) is 0 Å². The van der Waals surface area contributed by atoms with Crippen LogP contribution in [0.25, 0.3) is 0 Å². The van der Waals surface area contributed by atoms with E-state index in [1.165, 1.54) is 0 Å². The molecule has 2 unspecified atom stereocenters. The SMILES string of the molecule is O=C(NC1CCCC(NC(=O)c2nnco2)C1)c1nnco1. The summed E-state index contributed by atoms with van der Waals surface area (Å²) < 4.78 is 9.69. The molecule has 1 fully saturated rings.